The van der Waals surface area contributed by atoms with Gasteiger partial charge >= 0.3 is 0 Å². The van der Waals surface area contributed by atoms with Crippen molar-refractivity contribution in [1.82, 2.24) is 4.98 Å². The predicted molar refractivity (Wildman–Crippen MR) is 62.2 cm³/mol. The number of nitrogens with one attached hydrogen (secondary N) is 1. The Morgan fingerprint density at radius 3 is 2.73 bits per heavy atom. The highest BCUT2D eigenvalue weighted by molar-refractivity contribution is 9.10. The maximum absolute atomic E-state index is 11.6. The summed E-state index contributed by atoms with van der Waals surface area (Å²) in [4.78, 5) is 4.03. The number of hydrogen-bond donors (Lipinski definition) is 1. The van der Waals surface area contributed by atoms with Crippen LogP contribution in [-0.2, 0) is 10.0 Å². The van der Waals surface area contributed by atoms with Crippen molar-refractivity contribution in [3.63, 3.8) is 0 Å². The van der Waals surface area contributed by atoms with Crippen molar-refractivity contribution in [3.8, 4) is 0 Å². The molecule has 0 bridgehead atoms. The largest absolute Gasteiger partial charge is 0.282 e. The van der Waals surface area contributed by atoms with Gasteiger partial charge in [-0.25, -0.2) is 13.4 Å². The fourth-order valence-corrected chi connectivity index (χ4v) is 2.82. The molecule has 1 saturated carbocycles. The van der Waals surface area contributed by atoms with E-state index in [1.54, 1.807) is 6.07 Å². The third-order valence-corrected chi connectivity index (χ3v) is 4.94. The van der Waals surface area contributed by atoms with E-state index < -0.39 is 10.0 Å². The van der Waals surface area contributed by atoms with Crippen molar-refractivity contribution >= 4 is 31.6 Å². The van der Waals surface area contributed by atoms with Crippen LogP contribution in [-0.4, -0.2) is 18.7 Å². The molecule has 2 rings (SSSR count). The zero-order valence-electron chi connectivity index (χ0n) is 8.20. The summed E-state index contributed by atoms with van der Waals surface area (Å²) in [7, 11) is -3.18. The molecule has 0 saturated heterocycles. The Morgan fingerprint density at radius 1 is 1.53 bits per heavy atom. The molecule has 0 unspecified atom stereocenters. The van der Waals surface area contributed by atoms with Crippen molar-refractivity contribution in [2.75, 3.05) is 4.72 Å². The second kappa shape index (κ2) is 3.75. The molecular formula is C9H11BrN2O2S. The number of aromatic nitrogens is 1. The number of halogens is 1. The number of rotatable bonds is 3. The van der Waals surface area contributed by atoms with Crippen molar-refractivity contribution in [3.05, 3.63) is 22.4 Å². The first-order valence-electron chi connectivity index (χ1n) is 4.63. The summed E-state index contributed by atoms with van der Waals surface area (Å²) in [6, 6.07) is 1.76. The zero-order chi connectivity index (χ0) is 11.1. The number of aryl methyl sites for hydroxylation is 1. The van der Waals surface area contributed by atoms with Crippen LogP contribution in [0.5, 0.6) is 0 Å². The van der Waals surface area contributed by atoms with Gasteiger partial charge in [-0.15, -0.1) is 0 Å². The van der Waals surface area contributed by atoms with Gasteiger partial charge in [0.2, 0.25) is 10.0 Å². The highest BCUT2D eigenvalue weighted by Crippen LogP contribution is 2.30. The van der Waals surface area contributed by atoms with Gasteiger partial charge in [-0.3, -0.25) is 4.72 Å². The summed E-state index contributed by atoms with van der Waals surface area (Å²) in [6.07, 6.45) is 3.04. The van der Waals surface area contributed by atoms with Crippen molar-refractivity contribution < 1.29 is 8.42 Å². The highest BCUT2D eigenvalue weighted by Gasteiger charge is 2.35. The van der Waals surface area contributed by atoms with E-state index in [0.29, 0.717) is 5.69 Å². The summed E-state index contributed by atoms with van der Waals surface area (Å²) >= 11 is 3.26. The molecule has 0 aliphatic heterocycles. The molecule has 0 aromatic carbocycles. The van der Waals surface area contributed by atoms with Crippen LogP contribution < -0.4 is 4.72 Å². The first kappa shape index (κ1) is 10.9. The number of nitrogens with zero attached hydrogens (tertiary/aromatic N) is 1. The van der Waals surface area contributed by atoms with Crippen molar-refractivity contribution in [1.29, 1.82) is 0 Å². The van der Waals surface area contributed by atoms with E-state index in [-0.39, 0.29) is 5.25 Å². The van der Waals surface area contributed by atoms with E-state index >= 15 is 0 Å². The summed E-state index contributed by atoms with van der Waals surface area (Å²) in [5.74, 6) is 0. The molecule has 4 nitrogen and oxygen atoms in total. The van der Waals surface area contributed by atoms with Gasteiger partial charge in [0.15, 0.2) is 0 Å². The molecule has 1 fully saturated rings. The Morgan fingerprint density at radius 2 is 2.20 bits per heavy atom. The minimum absolute atomic E-state index is 0.207. The fraction of sp³-hybridized carbons (Fsp3) is 0.444. The van der Waals surface area contributed by atoms with Crippen LogP contribution in [0.1, 0.15) is 18.4 Å². The maximum atomic E-state index is 11.6. The Hall–Kier alpha value is -0.620. The van der Waals surface area contributed by atoms with Crippen LogP contribution in [0.2, 0.25) is 0 Å². The molecule has 0 radical (unpaired) electrons. The normalized spacial score (nSPS) is 16.4. The molecular weight excluding hydrogens is 280 g/mol. The Labute approximate surface area is 97.3 Å². The van der Waals surface area contributed by atoms with Crippen LogP contribution in [0.15, 0.2) is 16.9 Å². The molecule has 1 heterocycles. The summed E-state index contributed by atoms with van der Waals surface area (Å²) < 4.78 is 26.5. The summed E-state index contributed by atoms with van der Waals surface area (Å²) in [5, 5.41) is -0.207. The molecule has 0 atom stereocenters. The lowest BCUT2D eigenvalue weighted by Crippen LogP contribution is -2.17. The number of hydrogen-bond acceptors (Lipinski definition) is 3. The molecule has 0 amide bonds. The van der Waals surface area contributed by atoms with Gasteiger partial charge in [-0.2, -0.15) is 0 Å². The van der Waals surface area contributed by atoms with Gasteiger partial charge in [-0.05, 0) is 47.3 Å². The Bertz CT molecular complexity index is 483. The second-order valence-corrected chi connectivity index (χ2v) is 6.39. The molecule has 15 heavy (non-hydrogen) atoms. The lowest BCUT2D eigenvalue weighted by atomic mass is 10.3. The van der Waals surface area contributed by atoms with Crippen LogP contribution in [0.3, 0.4) is 0 Å². The lowest BCUT2D eigenvalue weighted by Gasteiger charge is -2.07. The third kappa shape index (κ3) is 2.49. The molecule has 1 N–H and O–H groups in total. The minimum Gasteiger partial charge on any atom is -0.282 e. The molecule has 1 aliphatic carbocycles. The van der Waals surface area contributed by atoms with Crippen LogP contribution in [0.4, 0.5) is 5.69 Å². The average Bonchev–Trinajstić information content (AvgIpc) is 2.93. The highest BCUT2D eigenvalue weighted by atomic mass is 79.9. The standard InChI is InChI=1S/C9H11BrN2O2S/c1-6-4-7(5-11-9(6)10)12-15(13,14)8-2-3-8/h4-5,8,12H,2-3H2,1H3. The smallest absolute Gasteiger partial charge is 0.235 e. The van der Waals surface area contributed by atoms with E-state index in [2.05, 4.69) is 25.6 Å². The SMILES string of the molecule is Cc1cc(NS(=O)(=O)C2CC2)cnc1Br. The fourth-order valence-electron chi connectivity index (χ4n) is 1.24. The lowest BCUT2D eigenvalue weighted by molar-refractivity contribution is 0.600. The topological polar surface area (TPSA) is 59.1 Å². The van der Waals surface area contributed by atoms with Crippen LogP contribution in [0, 0.1) is 6.92 Å². The monoisotopic (exact) mass is 290 g/mol. The van der Waals surface area contributed by atoms with Gasteiger partial charge < -0.3 is 0 Å². The van der Waals surface area contributed by atoms with Gasteiger partial charge in [-0.1, -0.05) is 0 Å². The van der Waals surface area contributed by atoms with Gasteiger partial charge in [0.05, 0.1) is 17.1 Å². The Balaban J connectivity index is 2.21. The molecule has 1 aromatic heterocycles. The first-order chi connectivity index (χ1) is 6.99. The van der Waals surface area contributed by atoms with Crippen molar-refractivity contribution in [2.24, 2.45) is 0 Å². The quantitative estimate of drug-likeness (QED) is 0.867. The van der Waals surface area contributed by atoms with Gasteiger partial charge in [0.1, 0.15) is 4.60 Å². The second-order valence-electron chi connectivity index (χ2n) is 3.68. The van der Waals surface area contributed by atoms with Gasteiger partial charge in [0.25, 0.3) is 0 Å². The molecule has 82 valence electrons. The summed E-state index contributed by atoms with van der Waals surface area (Å²) in [5.41, 5.74) is 1.44. The van der Waals surface area contributed by atoms with Crippen molar-refractivity contribution in [2.45, 2.75) is 25.0 Å². The van der Waals surface area contributed by atoms with E-state index in [1.807, 2.05) is 6.92 Å². The average molecular weight is 291 g/mol. The zero-order valence-corrected chi connectivity index (χ0v) is 10.6. The van der Waals surface area contributed by atoms with E-state index in [1.165, 1.54) is 6.20 Å². The molecule has 0 spiro atoms. The van der Waals surface area contributed by atoms with Gasteiger partial charge in [0, 0.05) is 0 Å². The third-order valence-electron chi connectivity index (χ3n) is 2.24. The predicted octanol–water partition coefficient (Wildman–Crippen LogP) is 2.06. The molecule has 1 aliphatic rings. The number of sulfonamides is 1. The summed E-state index contributed by atoms with van der Waals surface area (Å²) in [6.45, 7) is 1.87. The van der Waals surface area contributed by atoms with Crippen LogP contribution >= 0.6 is 15.9 Å². The number of anilines is 1. The van der Waals surface area contributed by atoms with E-state index in [0.717, 1.165) is 23.0 Å². The maximum Gasteiger partial charge on any atom is 0.235 e. The van der Waals surface area contributed by atoms with Crippen LogP contribution in [0.25, 0.3) is 0 Å². The molecule has 1 aromatic rings. The minimum atomic E-state index is -3.18. The van der Waals surface area contributed by atoms with E-state index in [9.17, 15) is 8.42 Å². The molecule has 6 heteroatoms. The first-order valence-corrected chi connectivity index (χ1v) is 6.97. The van der Waals surface area contributed by atoms with E-state index in [4.69, 9.17) is 0 Å². The number of pyridine rings is 1. The Kier molecular flexibility index (Phi) is 2.72.